The molecule has 3 aromatic carbocycles. The number of rotatable bonds is 8. The Bertz CT molecular complexity index is 1360. The van der Waals surface area contributed by atoms with Crippen LogP contribution in [-0.4, -0.2) is 11.5 Å². The molecule has 0 unspecified atom stereocenters. The van der Waals surface area contributed by atoms with Crippen molar-refractivity contribution in [3.63, 3.8) is 0 Å². The van der Waals surface area contributed by atoms with E-state index in [4.69, 9.17) is 0 Å². The predicted molar refractivity (Wildman–Crippen MR) is 138 cm³/mol. The van der Waals surface area contributed by atoms with Crippen LogP contribution >= 0.6 is 0 Å². The van der Waals surface area contributed by atoms with Crippen LogP contribution in [0, 0.1) is 5.82 Å². The molecule has 1 heterocycles. The zero-order valence-corrected chi connectivity index (χ0v) is 19.7. The molecular formula is C29H25F4N3. The summed E-state index contributed by atoms with van der Waals surface area (Å²) in [6, 6.07) is 22.2. The molecule has 0 saturated heterocycles. The van der Waals surface area contributed by atoms with E-state index in [-0.39, 0.29) is 11.3 Å². The van der Waals surface area contributed by atoms with E-state index >= 15 is 0 Å². The Labute approximate surface area is 207 Å². The van der Waals surface area contributed by atoms with Gasteiger partial charge in [-0.25, -0.2) is 9.37 Å². The number of nitrogens with zero attached hydrogens (tertiary/aromatic N) is 1. The summed E-state index contributed by atoms with van der Waals surface area (Å²) >= 11 is 0. The first-order valence-electron chi connectivity index (χ1n) is 11.5. The second kappa shape index (κ2) is 10.6. The average Bonchev–Trinajstić information content (AvgIpc) is 2.87. The molecule has 7 heteroatoms. The molecule has 1 aromatic heterocycles. The van der Waals surface area contributed by atoms with Gasteiger partial charge in [0.2, 0.25) is 0 Å². The van der Waals surface area contributed by atoms with Gasteiger partial charge in [-0.05, 0) is 42.8 Å². The number of nitrogens with one attached hydrogen (secondary N) is 2. The van der Waals surface area contributed by atoms with Crippen molar-refractivity contribution < 1.29 is 17.6 Å². The molecule has 0 fully saturated rings. The zero-order valence-electron chi connectivity index (χ0n) is 19.7. The Hall–Kier alpha value is -4.13. The number of benzene rings is 3. The van der Waals surface area contributed by atoms with Gasteiger partial charge in [-0.2, -0.15) is 13.2 Å². The fourth-order valence-corrected chi connectivity index (χ4v) is 3.87. The van der Waals surface area contributed by atoms with Gasteiger partial charge in [0.1, 0.15) is 5.82 Å². The van der Waals surface area contributed by atoms with E-state index in [0.29, 0.717) is 34.9 Å². The third-order valence-electron chi connectivity index (χ3n) is 5.57. The van der Waals surface area contributed by atoms with Crippen LogP contribution in [0.3, 0.4) is 0 Å². The van der Waals surface area contributed by atoms with Crippen molar-refractivity contribution in [3.8, 4) is 22.5 Å². The second-order valence-corrected chi connectivity index (χ2v) is 8.26. The molecule has 0 aliphatic carbocycles. The summed E-state index contributed by atoms with van der Waals surface area (Å²) < 4.78 is 55.4. The number of alkyl halides is 3. The zero-order chi connectivity index (χ0) is 25.7. The van der Waals surface area contributed by atoms with Crippen molar-refractivity contribution >= 4 is 17.1 Å². The molecule has 0 aliphatic rings. The van der Waals surface area contributed by atoms with E-state index in [1.807, 2.05) is 37.3 Å². The van der Waals surface area contributed by atoms with E-state index in [2.05, 4.69) is 22.2 Å². The first kappa shape index (κ1) is 25.0. The molecule has 2 N–H and O–H groups in total. The molecule has 4 rings (SSSR count). The molecule has 0 amide bonds. The predicted octanol–water partition coefficient (Wildman–Crippen LogP) is 8.48. The van der Waals surface area contributed by atoms with Gasteiger partial charge in [-0.1, -0.05) is 62.0 Å². The first-order chi connectivity index (χ1) is 17.3. The maximum atomic E-state index is 14.1. The topological polar surface area (TPSA) is 37.0 Å². The molecule has 0 bridgehead atoms. The average molecular weight is 492 g/mol. The largest absolute Gasteiger partial charge is 0.417 e. The summed E-state index contributed by atoms with van der Waals surface area (Å²) in [6.45, 7) is 6.79. The SMILES string of the molecule is C=C(Nc1cc(-c2ccccc2)nc(-c2ccccc2C(F)(F)F)c1)c1cc(F)ccc1NCCC. The number of aromatic nitrogens is 1. The van der Waals surface area contributed by atoms with Crippen molar-refractivity contribution in [2.75, 3.05) is 17.2 Å². The maximum absolute atomic E-state index is 14.1. The third kappa shape index (κ3) is 5.74. The van der Waals surface area contributed by atoms with Crippen LogP contribution in [-0.2, 0) is 6.18 Å². The lowest BCUT2D eigenvalue weighted by molar-refractivity contribution is -0.137. The van der Waals surface area contributed by atoms with Crippen LogP contribution in [0.15, 0.2) is 91.5 Å². The lowest BCUT2D eigenvalue weighted by atomic mass is 10.0. The minimum atomic E-state index is -4.54. The molecule has 0 spiro atoms. The van der Waals surface area contributed by atoms with Crippen LogP contribution in [0.1, 0.15) is 24.5 Å². The minimum absolute atomic E-state index is 0.0347. The number of hydrogen-bond acceptors (Lipinski definition) is 3. The van der Waals surface area contributed by atoms with Crippen molar-refractivity contribution in [2.45, 2.75) is 19.5 Å². The van der Waals surface area contributed by atoms with Gasteiger partial charge < -0.3 is 10.6 Å². The van der Waals surface area contributed by atoms with Crippen LogP contribution in [0.25, 0.3) is 28.2 Å². The summed E-state index contributed by atoms with van der Waals surface area (Å²) in [6.07, 6.45) is -3.66. The third-order valence-corrected chi connectivity index (χ3v) is 5.57. The number of halogens is 4. The molecule has 0 radical (unpaired) electrons. The van der Waals surface area contributed by atoms with E-state index < -0.39 is 17.6 Å². The Morgan fingerprint density at radius 1 is 0.889 bits per heavy atom. The van der Waals surface area contributed by atoms with Crippen molar-refractivity contribution in [1.82, 2.24) is 4.98 Å². The Balaban J connectivity index is 1.80. The summed E-state index contributed by atoms with van der Waals surface area (Å²) in [7, 11) is 0. The Kier molecular flexibility index (Phi) is 7.38. The van der Waals surface area contributed by atoms with Crippen LogP contribution in [0.4, 0.5) is 28.9 Å². The number of hydrogen-bond donors (Lipinski definition) is 2. The standard InChI is InChI=1S/C29H25F4N3/c1-3-15-34-26-14-13-21(30)16-24(26)19(2)35-22-17-27(20-9-5-4-6-10-20)36-28(18-22)23-11-7-8-12-25(23)29(31,32)33/h4-14,16-18,34H,2-3,15H2,1H3,(H,35,36). The van der Waals surface area contributed by atoms with Crippen molar-refractivity contribution in [1.29, 1.82) is 0 Å². The highest BCUT2D eigenvalue weighted by Crippen LogP contribution is 2.38. The molecule has 3 nitrogen and oxygen atoms in total. The van der Waals surface area contributed by atoms with Gasteiger partial charge in [0.05, 0.1) is 17.0 Å². The lowest BCUT2D eigenvalue weighted by Gasteiger charge is -2.18. The lowest BCUT2D eigenvalue weighted by Crippen LogP contribution is -2.08. The van der Waals surface area contributed by atoms with Crippen LogP contribution in [0.5, 0.6) is 0 Å². The Morgan fingerprint density at radius 2 is 1.58 bits per heavy atom. The molecule has 0 atom stereocenters. The van der Waals surface area contributed by atoms with Crippen LogP contribution in [0.2, 0.25) is 0 Å². The highest BCUT2D eigenvalue weighted by molar-refractivity contribution is 5.84. The first-order valence-corrected chi connectivity index (χ1v) is 11.5. The normalized spacial score (nSPS) is 11.2. The quantitative estimate of drug-likeness (QED) is 0.243. The van der Waals surface area contributed by atoms with Gasteiger partial charge in [0.25, 0.3) is 0 Å². The monoisotopic (exact) mass is 491 g/mol. The minimum Gasteiger partial charge on any atom is -0.385 e. The molecule has 36 heavy (non-hydrogen) atoms. The molecule has 4 aromatic rings. The van der Waals surface area contributed by atoms with Crippen LogP contribution < -0.4 is 10.6 Å². The highest BCUT2D eigenvalue weighted by Gasteiger charge is 2.33. The second-order valence-electron chi connectivity index (χ2n) is 8.26. The fraction of sp³-hybridized carbons (Fsp3) is 0.138. The highest BCUT2D eigenvalue weighted by atomic mass is 19.4. The number of anilines is 2. The number of pyridine rings is 1. The van der Waals surface area contributed by atoms with Gasteiger partial charge in [0.15, 0.2) is 0 Å². The van der Waals surface area contributed by atoms with Crippen molar-refractivity contribution in [3.05, 3.63) is 108 Å². The Morgan fingerprint density at radius 3 is 2.31 bits per heavy atom. The summed E-state index contributed by atoms with van der Waals surface area (Å²) in [5.41, 5.74) is 2.69. The van der Waals surface area contributed by atoms with E-state index in [1.54, 1.807) is 24.3 Å². The summed E-state index contributed by atoms with van der Waals surface area (Å²) in [5, 5.41) is 6.41. The maximum Gasteiger partial charge on any atom is 0.417 e. The molecule has 0 saturated carbocycles. The smallest absolute Gasteiger partial charge is 0.385 e. The molecule has 184 valence electrons. The molecule has 0 aliphatic heterocycles. The summed E-state index contributed by atoms with van der Waals surface area (Å²) in [4.78, 5) is 4.56. The van der Waals surface area contributed by atoms with Gasteiger partial charge in [-0.3, -0.25) is 0 Å². The van der Waals surface area contributed by atoms with E-state index in [9.17, 15) is 17.6 Å². The fourth-order valence-electron chi connectivity index (χ4n) is 3.87. The van der Waals surface area contributed by atoms with Gasteiger partial charge in [-0.15, -0.1) is 0 Å². The van der Waals surface area contributed by atoms with Crippen molar-refractivity contribution in [2.24, 2.45) is 0 Å². The van der Waals surface area contributed by atoms with Gasteiger partial charge >= 0.3 is 6.18 Å². The van der Waals surface area contributed by atoms with E-state index in [0.717, 1.165) is 18.1 Å². The summed E-state index contributed by atoms with van der Waals surface area (Å²) in [5.74, 6) is -0.422. The molecular weight excluding hydrogens is 466 g/mol. The van der Waals surface area contributed by atoms with Gasteiger partial charge in [0, 0.05) is 40.3 Å². The van der Waals surface area contributed by atoms with E-state index in [1.165, 1.54) is 24.3 Å².